The van der Waals surface area contributed by atoms with Gasteiger partial charge in [-0.3, -0.25) is 0 Å². The van der Waals surface area contributed by atoms with Crippen LogP contribution in [0.5, 0.6) is 5.75 Å². The van der Waals surface area contributed by atoms with Crippen LogP contribution in [0.25, 0.3) is 0 Å². The highest BCUT2D eigenvalue weighted by Crippen LogP contribution is 2.31. The lowest BCUT2D eigenvalue weighted by molar-refractivity contribution is -0.0718. The molecule has 6 heteroatoms. The van der Waals surface area contributed by atoms with Crippen LogP contribution in [-0.4, -0.2) is 31.9 Å². The van der Waals surface area contributed by atoms with Gasteiger partial charge in [-0.15, -0.1) is 11.6 Å². The molecule has 0 amide bonds. The van der Waals surface area contributed by atoms with E-state index in [0.29, 0.717) is 11.6 Å². The molecular formula is C14H18ClN3O2. The number of aromatic nitrogens is 3. The topological polar surface area (TPSA) is 60.2 Å². The second-order valence-electron chi connectivity index (χ2n) is 5.26. The molecule has 2 rings (SSSR count). The molecular weight excluding hydrogens is 278 g/mol. The number of rotatable bonds is 6. The van der Waals surface area contributed by atoms with E-state index < -0.39 is 17.7 Å². The van der Waals surface area contributed by atoms with Gasteiger partial charge in [0.05, 0.1) is 0 Å². The summed E-state index contributed by atoms with van der Waals surface area (Å²) < 4.78 is 7.35. The van der Waals surface area contributed by atoms with E-state index in [4.69, 9.17) is 16.3 Å². The lowest BCUT2D eigenvalue weighted by atomic mass is 9.87. The van der Waals surface area contributed by atoms with Crippen molar-refractivity contribution in [1.82, 2.24) is 14.8 Å². The van der Waals surface area contributed by atoms with Crippen LogP contribution < -0.4 is 4.74 Å². The summed E-state index contributed by atoms with van der Waals surface area (Å²) in [6, 6.07) is 9.28. The van der Waals surface area contributed by atoms with Crippen LogP contribution in [0.2, 0.25) is 0 Å². The molecule has 0 aliphatic carbocycles. The molecule has 20 heavy (non-hydrogen) atoms. The number of aliphatic hydroxyl groups excluding tert-OH is 1. The van der Waals surface area contributed by atoms with Gasteiger partial charge in [-0.2, -0.15) is 5.10 Å². The van der Waals surface area contributed by atoms with Gasteiger partial charge in [0.1, 0.15) is 24.5 Å². The molecule has 0 spiro atoms. The highest BCUT2D eigenvalue weighted by Gasteiger charge is 2.36. The highest BCUT2D eigenvalue weighted by atomic mass is 35.5. The highest BCUT2D eigenvalue weighted by molar-refractivity contribution is 6.18. The molecule has 1 N–H and O–H groups in total. The molecule has 5 nitrogen and oxygen atoms in total. The molecule has 0 saturated carbocycles. The molecule has 0 fully saturated rings. The van der Waals surface area contributed by atoms with Crippen molar-refractivity contribution in [3.63, 3.8) is 0 Å². The Labute approximate surface area is 123 Å². The minimum absolute atomic E-state index is 0.303. The predicted molar refractivity (Wildman–Crippen MR) is 76.6 cm³/mol. The van der Waals surface area contributed by atoms with Crippen LogP contribution in [0, 0.1) is 5.41 Å². The predicted octanol–water partition coefficient (Wildman–Crippen LogP) is 2.48. The van der Waals surface area contributed by atoms with Crippen molar-refractivity contribution >= 4 is 11.6 Å². The maximum Gasteiger partial charge on any atom is 0.219 e. The Hall–Kier alpha value is -1.59. The number of alkyl halides is 1. The Balaban J connectivity index is 2.26. The van der Waals surface area contributed by atoms with Gasteiger partial charge in [-0.1, -0.05) is 32.0 Å². The van der Waals surface area contributed by atoms with E-state index in [0.717, 1.165) is 0 Å². The molecule has 2 unspecified atom stereocenters. The Bertz CT molecular complexity index is 516. The fourth-order valence-corrected chi connectivity index (χ4v) is 1.87. The number of aliphatic hydroxyl groups is 1. The first-order chi connectivity index (χ1) is 9.54. The van der Waals surface area contributed by atoms with E-state index in [2.05, 4.69) is 10.1 Å². The van der Waals surface area contributed by atoms with E-state index in [9.17, 15) is 5.11 Å². The molecule has 1 aromatic heterocycles. The summed E-state index contributed by atoms with van der Waals surface area (Å²) in [7, 11) is 0. The number of ether oxygens (including phenoxy) is 1. The molecule has 2 aromatic rings. The van der Waals surface area contributed by atoms with E-state index >= 15 is 0 Å². The van der Waals surface area contributed by atoms with Crippen molar-refractivity contribution in [2.75, 3.05) is 5.88 Å². The Morgan fingerprint density at radius 2 is 2.05 bits per heavy atom. The Morgan fingerprint density at radius 1 is 1.35 bits per heavy atom. The third kappa shape index (κ3) is 3.29. The SMILES string of the molecule is CC(C)(CCl)C(O)C(Oc1ccccc1)n1cncn1. The van der Waals surface area contributed by atoms with Crippen LogP contribution in [-0.2, 0) is 0 Å². The molecule has 0 saturated heterocycles. The number of nitrogens with zero attached hydrogens (tertiary/aromatic N) is 3. The number of halogens is 1. The summed E-state index contributed by atoms with van der Waals surface area (Å²) >= 11 is 5.94. The van der Waals surface area contributed by atoms with Crippen LogP contribution in [0.4, 0.5) is 0 Å². The minimum Gasteiger partial charge on any atom is -0.466 e. The summed E-state index contributed by atoms with van der Waals surface area (Å²) in [5.41, 5.74) is -0.521. The largest absolute Gasteiger partial charge is 0.466 e. The van der Waals surface area contributed by atoms with Crippen molar-refractivity contribution in [2.45, 2.75) is 26.2 Å². The van der Waals surface area contributed by atoms with E-state index in [1.807, 2.05) is 44.2 Å². The van der Waals surface area contributed by atoms with Crippen LogP contribution in [0.15, 0.2) is 43.0 Å². The van der Waals surface area contributed by atoms with Crippen molar-refractivity contribution < 1.29 is 9.84 Å². The van der Waals surface area contributed by atoms with E-state index in [1.54, 1.807) is 0 Å². The van der Waals surface area contributed by atoms with E-state index in [-0.39, 0.29) is 0 Å². The Morgan fingerprint density at radius 3 is 2.60 bits per heavy atom. The third-order valence-corrected chi connectivity index (χ3v) is 3.80. The summed E-state index contributed by atoms with van der Waals surface area (Å²) in [5, 5.41) is 14.6. The minimum atomic E-state index is -0.832. The molecule has 1 aromatic carbocycles. The first-order valence-corrected chi connectivity index (χ1v) is 6.88. The lowest BCUT2D eigenvalue weighted by Crippen LogP contribution is -2.41. The quantitative estimate of drug-likeness (QED) is 0.832. The monoisotopic (exact) mass is 295 g/mol. The molecule has 0 radical (unpaired) electrons. The average Bonchev–Trinajstić information content (AvgIpc) is 2.99. The zero-order chi connectivity index (χ0) is 14.6. The summed E-state index contributed by atoms with van der Waals surface area (Å²) in [6.07, 6.45) is 1.40. The molecule has 0 bridgehead atoms. The van der Waals surface area contributed by atoms with Gasteiger partial charge >= 0.3 is 0 Å². The maximum atomic E-state index is 10.6. The molecule has 1 heterocycles. The van der Waals surface area contributed by atoms with Crippen molar-refractivity contribution in [2.24, 2.45) is 5.41 Å². The number of para-hydroxylation sites is 1. The van der Waals surface area contributed by atoms with Crippen molar-refractivity contribution in [3.05, 3.63) is 43.0 Å². The van der Waals surface area contributed by atoms with E-state index in [1.165, 1.54) is 17.3 Å². The van der Waals surface area contributed by atoms with Gasteiger partial charge in [0.25, 0.3) is 0 Å². The van der Waals surface area contributed by atoms with Crippen molar-refractivity contribution in [1.29, 1.82) is 0 Å². The van der Waals surface area contributed by atoms with Gasteiger partial charge in [0, 0.05) is 11.3 Å². The average molecular weight is 296 g/mol. The second-order valence-corrected chi connectivity index (χ2v) is 5.53. The van der Waals surface area contributed by atoms with Crippen LogP contribution in [0.1, 0.15) is 20.1 Å². The maximum absolute atomic E-state index is 10.6. The number of hydrogen-bond donors (Lipinski definition) is 1. The van der Waals surface area contributed by atoms with Gasteiger partial charge in [0.2, 0.25) is 6.23 Å². The second kappa shape index (κ2) is 6.24. The van der Waals surface area contributed by atoms with Gasteiger partial charge < -0.3 is 9.84 Å². The zero-order valence-corrected chi connectivity index (χ0v) is 12.2. The summed E-state index contributed by atoms with van der Waals surface area (Å²) in [4.78, 5) is 3.90. The summed E-state index contributed by atoms with van der Waals surface area (Å²) in [6.45, 7) is 3.76. The lowest BCUT2D eigenvalue weighted by Gasteiger charge is -2.34. The zero-order valence-electron chi connectivity index (χ0n) is 11.5. The fourth-order valence-electron chi connectivity index (χ4n) is 1.72. The molecule has 108 valence electrons. The smallest absolute Gasteiger partial charge is 0.219 e. The standard InChI is InChI=1S/C14H18ClN3O2/c1-14(2,8-15)12(19)13(18-10-16-9-17-18)20-11-6-4-3-5-7-11/h3-7,9-10,12-13,19H,8H2,1-2H3. The molecule has 0 aliphatic heterocycles. The first kappa shape index (κ1) is 14.8. The first-order valence-electron chi connectivity index (χ1n) is 6.34. The number of hydrogen-bond acceptors (Lipinski definition) is 4. The van der Waals surface area contributed by atoms with Crippen LogP contribution in [0.3, 0.4) is 0 Å². The van der Waals surface area contributed by atoms with Crippen LogP contribution >= 0.6 is 11.6 Å². The van der Waals surface area contributed by atoms with Gasteiger partial charge in [0.15, 0.2) is 0 Å². The van der Waals surface area contributed by atoms with Crippen molar-refractivity contribution in [3.8, 4) is 5.75 Å². The van der Waals surface area contributed by atoms with Gasteiger partial charge in [-0.05, 0) is 12.1 Å². The normalized spacial score (nSPS) is 14.8. The fraction of sp³-hybridized carbons (Fsp3) is 0.429. The number of benzene rings is 1. The Kier molecular flexibility index (Phi) is 4.62. The van der Waals surface area contributed by atoms with Gasteiger partial charge in [-0.25, -0.2) is 9.67 Å². The third-order valence-electron chi connectivity index (χ3n) is 3.11. The molecule has 2 atom stereocenters. The molecule has 0 aliphatic rings. The summed E-state index contributed by atoms with van der Waals surface area (Å²) in [5.74, 6) is 0.953.